The van der Waals surface area contributed by atoms with Crippen LogP contribution in [0.15, 0.2) is 17.6 Å². The Bertz CT molecular complexity index is 489. The number of methoxy groups -OCH3 is 1. The van der Waals surface area contributed by atoms with Crippen molar-refractivity contribution < 1.29 is 14.6 Å². The highest BCUT2D eigenvalue weighted by atomic mass is 32.1. The molecule has 0 unspecified atom stereocenters. The number of carboxylic acids is 1. The molecule has 6 heteroatoms. The van der Waals surface area contributed by atoms with Gasteiger partial charge >= 0.3 is 5.97 Å². The molecule has 0 fully saturated rings. The van der Waals surface area contributed by atoms with Crippen molar-refractivity contribution in [1.82, 2.24) is 4.98 Å². The summed E-state index contributed by atoms with van der Waals surface area (Å²) in [5, 5.41) is 11.2. The smallest absolute Gasteiger partial charge is 0.337 e. The first-order valence-corrected chi connectivity index (χ1v) is 5.73. The van der Waals surface area contributed by atoms with Crippen molar-refractivity contribution >= 4 is 28.6 Å². The lowest BCUT2D eigenvalue weighted by Gasteiger charge is -1.93. The van der Waals surface area contributed by atoms with E-state index in [1.54, 1.807) is 17.6 Å². The van der Waals surface area contributed by atoms with E-state index in [0.717, 1.165) is 9.75 Å². The molecule has 0 saturated carbocycles. The molecule has 0 radical (unpaired) electrons. The monoisotopic (exact) mass is 241 g/mol. The summed E-state index contributed by atoms with van der Waals surface area (Å²) in [5.41, 5.74) is 0.311. The highest BCUT2D eigenvalue weighted by Gasteiger charge is 2.15. The first-order chi connectivity index (χ1) is 7.22. The third-order valence-electron chi connectivity index (χ3n) is 1.78. The van der Waals surface area contributed by atoms with Crippen molar-refractivity contribution in [3.63, 3.8) is 0 Å². The van der Waals surface area contributed by atoms with Gasteiger partial charge in [0.15, 0.2) is 0 Å². The van der Waals surface area contributed by atoms with Crippen molar-refractivity contribution in [2.75, 3.05) is 7.11 Å². The second kappa shape index (κ2) is 4.00. The van der Waals surface area contributed by atoms with Gasteiger partial charge in [0.25, 0.3) is 5.19 Å². The zero-order chi connectivity index (χ0) is 10.8. The summed E-state index contributed by atoms with van der Waals surface area (Å²) >= 11 is 2.72. The average molecular weight is 241 g/mol. The second-order valence-corrected chi connectivity index (χ2v) is 4.57. The van der Waals surface area contributed by atoms with Crippen molar-refractivity contribution in [2.45, 2.75) is 0 Å². The van der Waals surface area contributed by atoms with E-state index in [2.05, 4.69) is 4.98 Å². The molecule has 78 valence electrons. The van der Waals surface area contributed by atoms with Gasteiger partial charge in [-0.1, -0.05) is 11.3 Å². The molecule has 0 bridgehead atoms. The van der Waals surface area contributed by atoms with Crippen LogP contribution in [0.2, 0.25) is 0 Å². The van der Waals surface area contributed by atoms with E-state index < -0.39 is 5.97 Å². The maximum absolute atomic E-state index is 10.9. The third-order valence-corrected chi connectivity index (χ3v) is 3.83. The first kappa shape index (κ1) is 10.1. The van der Waals surface area contributed by atoms with Gasteiger partial charge in [0.05, 0.1) is 28.6 Å². The molecule has 2 rings (SSSR count). The van der Waals surface area contributed by atoms with E-state index in [4.69, 9.17) is 9.84 Å². The van der Waals surface area contributed by atoms with Crippen LogP contribution in [-0.2, 0) is 0 Å². The van der Waals surface area contributed by atoms with Crippen LogP contribution in [0.4, 0.5) is 0 Å². The fourth-order valence-electron chi connectivity index (χ4n) is 1.13. The fraction of sp³-hybridized carbons (Fsp3) is 0.111. The number of carboxylic acid groups (broad SMARTS) is 1. The first-order valence-electron chi connectivity index (χ1n) is 4.03. The highest BCUT2D eigenvalue weighted by molar-refractivity contribution is 7.22. The molecule has 0 atom stereocenters. The number of nitrogens with zero attached hydrogens (tertiary/aromatic N) is 1. The summed E-state index contributed by atoms with van der Waals surface area (Å²) in [7, 11) is 1.54. The van der Waals surface area contributed by atoms with Crippen LogP contribution in [0.5, 0.6) is 5.19 Å². The fourth-order valence-corrected chi connectivity index (χ4v) is 2.87. The largest absolute Gasteiger partial charge is 0.478 e. The number of aromatic carboxylic acids is 1. The number of hydrogen-bond donors (Lipinski definition) is 1. The van der Waals surface area contributed by atoms with E-state index in [1.165, 1.54) is 29.8 Å². The van der Waals surface area contributed by atoms with Crippen LogP contribution in [0.25, 0.3) is 9.75 Å². The van der Waals surface area contributed by atoms with Gasteiger partial charge in [0.1, 0.15) is 0 Å². The number of rotatable bonds is 3. The number of hydrogen-bond acceptors (Lipinski definition) is 5. The molecule has 0 spiro atoms. The Kier molecular flexibility index (Phi) is 2.70. The molecule has 2 aromatic heterocycles. The number of carbonyl (C=O) groups is 1. The second-order valence-electron chi connectivity index (χ2n) is 2.66. The molecule has 4 nitrogen and oxygen atoms in total. The molecule has 2 heterocycles. The van der Waals surface area contributed by atoms with E-state index >= 15 is 0 Å². The van der Waals surface area contributed by atoms with E-state index in [-0.39, 0.29) is 0 Å². The minimum Gasteiger partial charge on any atom is -0.478 e. The normalized spacial score (nSPS) is 10.2. The van der Waals surface area contributed by atoms with Gasteiger partial charge in [0, 0.05) is 0 Å². The van der Waals surface area contributed by atoms with Gasteiger partial charge in [0.2, 0.25) is 0 Å². The molecule has 0 amide bonds. The van der Waals surface area contributed by atoms with Crippen LogP contribution in [0.1, 0.15) is 10.4 Å². The maximum Gasteiger partial charge on any atom is 0.337 e. The van der Waals surface area contributed by atoms with Crippen LogP contribution in [-0.4, -0.2) is 23.2 Å². The highest BCUT2D eigenvalue weighted by Crippen LogP contribution is 2.35. The molecule has 0 aliphatic carbocycles. The van der Waals surface area contributed by atoms with E-state index in [9.17, 15) is 4.79 Å². The molecule has 2 aromatic rings. The van der Waals surface area contributed by atoms with Gasteiger partial charge in [-0.15, -0.1) is 11.3 Å². The Hall–Kier alpha value is -1.40. The number of ether oxygens (including phenoxy) is 1. The molecule has 1 N–H and O–H groups in total. The molecule has 0 aliphatic rings. The molecule has 0 aliphatic heterocycles. The Morgan fingerprint density at radius 2 is 2.40 bits per heavy atom. The van der Waals surface area contributed by atoms with Crippen LogP contribution in [0, 0.1) is 0 Å². The van der Waals surface area contributed by atoms with Crippen LogP contribution >= 0.6 is 22.7 Å². The minimum atomic E-state index is -0.918. The zero-order valence-electron chi connectivity index (χ0n) is 7.76. The Labute approximate surface area is 93.8 Å². The van der Waals surface area contributed by atoms with E-state index in [1.807, 2.05) is 0 Å². The van der Waals surface area contributed by atoms with Gasteiger partial charge in [-0.25, -0.2) is 9.78 Å². The predicted octanol–water partition coefficient (Wildman–Crippen LogP) is 2.58. The predicted molar refractivity (Wildman–Crippen MR) is 58.9 cm³/mol. The third kappa shape index (κ3) is 1.86. The topological polar surface area (TPSA) is 59.4 Å². The van der Waals surface area contributed by atoms with Gasteiger partial charge in [-0.2, -0.15) is 0 Å². The minimum absolute atomic E-state index is 0.311. The number of thiazole rings is 1. The van der Waals surface area contributed by atoms with E-state index in [0.29, 0.717) is 10.8 Å². The molecule has 0 saturated heterocycles. The molecule has 15 heavy (non-hydrogen) atoms. The standard InChI is InChI=1S/C9H7NO3S2/c1-13-9-10-4-6(15-9)7-5(8(11)12)2-3-14-7/h2-4H,1H3,(H,11,12). The van der Waals surface area contributed by atoms with Crippen molar-refractivity contribution in [1.29, 1.82) is 0 Å². The quantitative estimate of drug-likeness (QED) is 0.897. The zero-order valence-corrected chi connectivity index (χ0v) is 9.39. The van der Waals surface area contributed by atoms with Gasteiger partial charge < -0.3 is 9.84 Å². The SMILES string of the molecule is COc1ncc(-c2sccc2C(=O)O)s1. The number of thiophene rings is 1. The van der Waals surface area contributed by atoms with Gasteiger partial charge in [-0.3, -0.25) is 0 Å². The lowest BCUT2D eigenvalue weighted by molar-refractivity contribution is 0.0698. The lowest BCUT2D eigenvalue weighted by atomic mass is 10.2. The van der Waals surface area contributed by atoms with Crippen molar-refractivity contribution in [2.24, 2.45) is 0 Å². The average Bonchev–Trinajstić information content (AvgIpc) is 2.85. The maximum atomic E-state index is 10.9. The Morgan fingerprint density at radius 3 is 3.00 bits per heavy atom. The van der Waals surface area contributed by atoms with Crippen molar-refractivity contribution in [3.8, 4) is 14.9 Å². The molecular formula is C9H7NO3S2. The summed E-state index contributed by atoms with van der Waals surface area (Å²) in [6.07, 6.45) is 1.63. The van der Waals surface area contributed by atoms with Crippen LogP contribution in [0.3, 0.4) is 0 Å². The summed E-state index contributed by atoms with van der Waals surface area (Å²) in [5.74, 6) is -0.918. The van der Waals surface area contributed by atoms with Gasteiger partial charge in [-0.05, 0) is 11.4 Å². The Balaban J connectivity index is 2.44. The molecule has 0 aromatic carbocycles. The summed E-state index contributed by atoms with van der Waals surface area (Å²) in [4.78, 5) is 16.4. The Morgan fingerprint density at radius 1 is 1.60 bits per heavy atom. The number of aromatic nitrogens is 1. The summed E-state index contributed by atoms with van der Waals surface area (Å²) < 4.78 is 4.96. The molecular weight excluding hydrogens is 234 g/mol. The summed E-state index contributed by atoms with van der Waals surface area (Å²) in [6, 6.07) is 1.59. The lowest BCUT2D eigenvalue weighted by Crippen LogP contribution is -1.94. The summed E-state index contributed by atoms with van der Waals surface area (Å²) in [6.45, 7) is 0. The van der Waals surface area contributed by atoms with Crippen LogP contribution < -0.4 is 4.74 Å². The van der Waals surface area contributed by atoms with Crippen molar-refractivity contribution in [3.05, 3.63) is 23.2 Å².